The van der Waals surface area contributed by atoms with Gasteiger partial charge < -0.3 is 19.1 Å². The Bertz CT molecular complexity index is 1790. The Kier molecular flexibility index (Phi) is 9.09. The first-order valence-electron chi connectivity index (χ1n) is 20.1. The van der Waals surface area contributed by atoms with Crippen LogP contribution in [0.5, 0.6) is 0 Å². The van der Waals surface area contributed by atoms with Crippen molar-refractivity contribution >= 4 is 28.9 Å². The third kappa shape index (κ3) is 5.58. The van der Waals surface area contributed by atoms with Crippen LogP contribution in [-0.4, -0.2) is 45.8 Å². The van der Waals surface area contributed by atoms with Crippen LogP contribution in [0.4, 0.5) is 0 Å². The first kappa shape index (κ1) is 37.2. The summed E-state index contributed by atoms with van der Waals surface area (Å²) in [6, 6.07) is 7.77. The van der Waals surface area contributed by atoms with Crippen molar-refractivity contribution in [3.63, 3.8) is 0 Å². The van der Waals surface area contributed by atoms with Crippen molar-refractivity contribution in [1.82, 2.24) is 9.55 Å². The van der Waals surface area contributed by atoms with Crippen LogP contribution in [0, 0.1) is 50.2 Å². The number of methoxy groups -OCH3 is 1. The second kappa shape index (κ2) is 12.7. The molecule has 9 atom stereocenters. The molecule has 1 aromatic carbocycles. The number of fused-ring (bicyclic) bond motifs is 8. The minimum Gasteiger partial charge on any atom is -0.481 e. The summed E-state index contributed by atoms with van der Waals surface area (Å²) in [7, 11) is 1.54. The predicted molar refractivity (Wildman–Crippen MR) is 201 cm³/mol. The summed E-state index contributed by atoms with van der Waals surface area (Å²) < 4.78 is 13.8. The molecule has 0 radical (unpaired) electrons. The molecule has 5 aliphatic carbocycles. The molecule has 0 aliphatic heterocycles. The van der Waals surface area contributed by atoms with Crippen LogP contribution >= 0.6 is 0 Å². The Morgan fingerprint density at radius 1 is 0.904 bits per heavy atom. The Balaban J connectivity index is 1.08. The fraction of sp³-hybridized carbons (Fsp3) is 0.727. The van der Waals surface area contributed by atoms with Gasteiger partial charge in [-0.2, -0.15) is 0 Å². The number of rotatable bonds is 8. The largest absolute Gasteiger partial charge is 0.481 e. The lowest BCUT2D eigenvalue weighted by atomic mass is 9.33. The average molecular weight is 715 g/mol. The van der Waals surface area contributed by atoms with Gasteiger partial charge in [0.05, 0.1) is 36.4 Å². The first-order chi connectivity index (χ1) is 24.4. The number of carbonyl (C=O) groups excluding carboxylic acids is 2. The van der Waals surface area contributed by atoms with Gasteiger partial charge in [-0.25, -0.2) is 4.98 Å². The fourth-order valence-electron chi connectivity index (χ4n) is 13.2. The van der Waals surface area contributed by atoms with E-state index >= 15 is 0 Å². The Morgan fingerprint density at radius 3 is 2.37 bits per heavy atom. The second-order valence-corrected chi connectivity index (χ2v) is 19.4. The maximum absolute atomic E-state index is 13.6. The number of nitrogens with zero attached hydrogens (tertiary/aromatic N) is 2. The molecule has 7 rings (SSSR count). The highest BCUT2D eigenvalue weighted by Gasteiger charge is 2.68. The van der Waals surface area contributed by atoms with E-state index in [4.69, 9.17) is 9.47 Å². The molecule has 284 valence electrons. The standard InChI is InChI=1S/C44H62N2O6/c1-39(2)32-17-21-44(7)33(14-13-28-29-27-41(4,38(50)51-8)23-22-40(29,3)24-25-43(28,44)6)42(32,5)20-18-34(39)52-37(49)19-26-46-31-12-10-9-11-30(31)45-35(46)15-16-36(47)48/h9-13,29,32-34H,14-27H2,1-8H3,(H,47,48)/t29-,32-,33+,34-,40+,41-,42-,43+,44+/m0/s1. The molecule has 0 spiro atoms. The number of aryl methyl sites for hydroxylation is 2. The monoisotopic (exact) mass is 714 g/mol. The Morgan fingerprint density at radius 2 is 1.63 bits per heavy atom. The van der Waals surface area contributed by atoms with Crippen molar-refractivity contribution in [2.45, 2.75) is 145 Å². The number of imidazole rings is 1. The van der Waals surface area contributed by atoms with Gasteiger partial charge in [0.2, 0.25) is 0 Å². The molecule has 1 aromatic heterocycles. The van der Waals surface area contributed by atoms with Gasteiger partial charge >= 0.3 is 17.9 Å². The molecule has 5 aliphatic rings. The molecule has 52 heavy (non-hydrogen) atoms. The van der Waals surface area contributed by atoms with Crippen LogP contribution < -0.4 is 0 Å². The van der Waals surface area contributed by atoms with Crippen LogP contribution in [-0.2, 0) is 36.8 Å². The number of hydrogen-bond acceptors (Lipinski definition) is 6. The van der Waals surface area contributed by atoms with Crippen LogP contribution in [0.2, 0.25) is 0 Å². The molecular weight excluding hydrogens is 652 g/mol. The maximum atomic E-state index is 13.6. The maximum Gasteiger partial charge on any atom is 0.311 e. The van der Waals surface area contributed by atoms with Crippen LogP contribution in [0.15, 0.2) is 35.9 Å². The number of hydrogen-bond donors (Lipinski definition) is 1. The normalized spacial score (nSPS) is 39.3. The van der Waals surface area contributed by atoms with Gasteiger partial charge in [0.25, 0.3) is 0 Å². The zero-order valence-electron chi connectivity index (χ0n) is 33.0. The number of ether oxygens (including phenoxy) is 2. The minimum atomic E-state index is -0.861. The number of carboxylic acids is 1. The average Bonchev–Trinajstić information content (AvgIpc) is 3.45. The number of esters is 2. The highest BCUT2D eigenvalue weighted by molar-refractivity contribution is 5.77. The summed E-state index contributed by atoms with van der Waals surface area (Å²) in [5.41, 5.74) is 3.39. The molecule has 0 amide bonds. The van der Waals surface area contributed by atoms with Crippen molar-refractivity contribution in [3.8, 4) is 0 Å². The fourth-order valence-corrected chi connectivity index (χ4v) is 13.2. The van der Waals surface area contributed by atoms with E-state index in [1.165, 1.54) is 19.3 Å². The first-order valence-corrected chi connectivity index (χ1v) is 20.1. The number of aromatic nitrogens is 2. The van der Waals surface area contributed by atoms with Crippen LogP contribution in [0.3, 0.4) is 0 Å². The van der Waals surface area contributed by atoms with E-state index in [-0.39, 0.29) is 58.0 Å². The summed E-state index contributed by atoms with van der Waals surface area (Å²) in [5.74, 6) is 0.978. The Labute approximate surface area is 310 Å². The summed E-state index contributed by atoms with van der Waals surface area (Å²) >= 11 is 0. The van der Waals surface area contributed by atoms with Crippen LogP contribution in [0.25, 0.3) is 11.0 Å². The molecule has 2 aromatic rings. The zero-order valence-corrected chi connectivity index (χ0v) is 33.0. The molecule has 0 unspecified atom stereocenters. The third-order valence-corrected chi connectivity index (χ3v) is 16.6. The lowest BCUT2D eigenvalue weighted by molar-refractivity contribution is -0.213. The van der Waals surface area contributed by atoms with Gasteiger partial charge in [-0.1, -0.05) is 65.3 Å². The smallest absolute Gasteiger partial charge is 0.311 e. The highest BCUT2D eigenvalue weighted by Crippen LogP contribution is 2.75. The van der Waals surface area contributed by atoms with Gasteiger partial charge in [-0.3, -0.25) is 14.4 Å². The van der Waals surface area contributed by atoms with Crippen molar-refractivity contribution in [2.24, 2.45) is 50.2 Å². The van der Waals surface area contributed by atoms with Gasteiger partial charge in [0.15, 0.2) is 0 Å². The van der Waals surface area contributed by atoms with E-state index in [0.29, 0.717) is 36.5 Å². The Hall–Kier alpha value is -3.16. The second-order valence-electron chi connectivity index (χ2n) is 19.4. The molecule has 4 saturated carbocycles. The molecule has 8 nitrogen and oxygen atoms in total. The van der Waals surface area contributed by atoms with Crippen molar-refractivity contribution < 1.29 is 29.0 Å². The van der Waals surface area contributed by atoms with Gasteiger partial charge in [0.1, 0.15) is 11.9 Å². The van der Waals surface area contributed by atoms with Gasteiger partial charge in [-0.05, 0) is 123 Å². The summed E-state index contributed by atoms with van der Waals surface area (Å²) in [6.07, 6.45) is 13.6. The van der Waals surface area contributed by atoms with E-state index in [9.17, 15) is 19.5 Å². The van der Waals surface area contributed by atoms with E-state index in [1.807, 2.05) is 28.8 Å². The van der Waals surface area contributed by atoms with E-state index in [2.05, 4.69) is 59.5 Å². The summed E-state index contributed by atoms with van der Waals surface area (Å²) in [6.45, 7) is 17.5. The molecule has 4 fully saturated rings. The van der Waals surface area contributed by atoms with Crippen molar-refractivity contribution in [2.75, 3.05) is 7.11 Å². The molecule has 1 heterocycles. The zero-order chi connectivity index (χ0) is 37.5. The molecule has 0 saturated heterocycles. The third-order valence-electron chi connectivity index (χ3n) is 16.6. The van der Waals surface area contributed by atoms with Gasteiger partial charge in [-0.15, -0.1) is 0 Å². The number of carboxylic acid groups (broad SMARTS) is 1. The lowest BCUT2D eigenvalue weighted by Crippen LogP contribution is -2.64. The van der Waals surface area contributed by atoms with E-state index in [0.717, 1.165) is 56.0 Å². The molecule has 8 heteroatoms. The van der Waals surface area contributed by atoms with Gasteiger partial charge in [0, 0.05) is 18.4 Å². The predicted octanol–water partition coefficient (Wildman–Crippen LogP) is 9.33. The topological polar surface area (TPSA) is 108 Å². The SMILES string of the molecule is COC(=O)[C@@]1(C)CC[C@]2(C)CC[C@]3(C)C(=CC[C@@H]4[C@@]5(C)CC[C@H](OC(=O)CCn6c(CCC(=O)O)nc7ccccc76)C(C)(C)[C@@H]5CC[C@]43C)[C@@H]2C1. The van der Waals surface area contributed by atoms with Crippen molar-refractivity contribution in [3.05, 3.63) is 41.7 Å². The molecule has 0 bridgehead atoms. The minimum absolute atomic E-state index is 0.00468. The van der Waals surface area contributed by atoms with Crippen molar-refractivity contribution in [1.29, 1.82) is 0 Å². The molecule has 1 N–H and O–H groups in total. The van der Waals surface area contributed by atoms with Crippen LogP contribution in [0.1, 0.15) is 131 Å². The number of carbonyl (C=O) groups is 3. The number of benzene rings is 1. The lowest BCUT2D eigenvalue weighted by Gasteiger charge is -2.71. The highest BCUT2D eigenvalue weighted by atomic mass is 16.5. The van der Waals surface area contributed by atoms with E-state index < -0.39 is 11.4 Å². The molecular formula is C44H62N2O6. The van der Waals surface area contributed by atoms with E-state index in [1.54, 1.807) is 12.7 Å². The number of para-hydroxylation sites is 2. The summed E-state index contributed by atoms with van der Waals surface area (Å²) in [4.78, 5) is 42.7. The summed E-state index contributed by atoms with van der Waals surface area (Å²) in [5, 5.41) is 9.30. The number of allylic oxidation sites excluding steroid dienone is 2. The number of aliphatic carboxylic acids is 1. The quantitative estimate of drug-likeness (QED) is 0.215.